The largest absolute Gasteiger partial charge is 0.468 e. The summed E-state index contributed by atoms with van der Waals surface area (Å²) in [6.45, 7) is 1.96. The van der Waals surface area contributed by atoms with Crippen molar-refractivity contribution < 1.29 is 17.9 Å². The average Bonchev–Trinajstić information content (AvgIpc) is 2.39. The first kappa shape index (κ1) is 15.7. The van der Waals surface area contributed by atoms with Crippen molar-refractivity contribution in [2.45, 2.75) is 37.2 Å². The van der Waals surface area contributed by atoms with Gasteiger partial charge in [-0.2, -0.15) is 0 Å². The summed E-state index contributed by atoms with van der Waals surface area (Å²) in [7, 11) is -2.31. The third kappa shape index (κ3) is 4.67. The van der Waals surface area contributed by atoms with Gasteiger partial charge in [0.2, 0.25) is 0 Å². The van der Waals surface area contributed by atoms with E-state index in [9.17, 15) is 13.2 Å². The second-order valence-electron chi connectivity index (χ2n) is 4.45. The summed E-state index contributed by atoms with van der Waals surface area (Å²) < 4.78 is 29.2. The van der Waals surface area contributed by atoms with E-state index in [2.05, 4.69) is 4.74 Å². The molecule has 0 aliphatic carbocycles. The number of esters is 1. The molecule has 0 heterocycles. The number of benzene rings is 1. The van der Waals surface area contributed by atoms with Crippen LogP contribution in [0.3, 0.4) is 0 Å². The van der Waals surface area contributed by atoms with E-state index in [0.717, 1.165) is 6.42 Å². The smallest absolute Gasteiger partial charge is 0.324 e. The van der Waals surface area contributed by atoms with Gasteiger partial charge in [-0.05, 0) is 12.0 Å². The average molecular weight is 284 g/mol. The van der Waals surface area contributed by atoms with Crippen LogP contribution >= 0.6 is 0 Å². The lowest BCUT2D eigenvalue weighted by atomic mass is 10.2. The number of hydrogen-bond acceptors (Lipinski definition) is 4. The molecule has 106 valence electrons. The van der Waals surface area contributed by atoms with E-state index in [0.29, 0.717) is 18.4 Å². The number of hydrogen-bond donors (Lipinski definition) is 0. The Labute approximate surface area is 114 Å². The fourth-order valence-corrected chi connectivity index (χ4v) is 3.65. The molecular formula is C14H20O4S. The maximum Gasteiger partial charge on any atom is 0.324 e. The maximum absolute atomic E-state index is 12.3. The van der Waals surface area contributed by atoms with Gasteiger partial charge in [0.05, 0.1) is 12.9 Å². The number of carbonyl (C=O) groups excluding carboxylic acids is 1. The van der Waals surface area contributed by atoms with E-state index < -0.39 is 21.1 Å². The van der Waals surface area contributed by atoms with Crippen LogP contribution in [0.2, 0.25) is 0 Å². The third-order valence-corrected chi connectivity index (χ3v) is 4.96. The SMILES string of the molecule is CCCCC(C(=O)OC)S(=O)(=O)Cc1ccccc1. The number of carbonyl (C=O) groups is 1. The van der Waals surface area contributed by atoms with Gasteiger partial charge in [-0.25, -0.2) is 8.42 Å². The molecule has 1 unspecified atom stereocenters. The Morgan fingerprint density at radius 2 is 1.89 bits per heavy atom. The second-order valence-corrected chi connectivity index (χ2v) is 6.63. The summed E-state index contributed by atoms with van der Waals surface area (Å²) in [5.74, 6) is -0.790. The predicted octanol–water partition coefficient (Wildman–Crippen LogP) is 2.33. The summed E-state index contributed by atoms with van der Waals surface area (Å²) >= 11 is 0. The second kappa shape index (κ2) is 7.28. The van der Waals surface area contributed by atoms with E-state index >= 15 is 0 Å². The highest BCUT2D eigenvalue weighted by molar-refractivity contribution is 7.92. The van der Waals surface area contributed by atoms with Crippen LogP contribution in [0, 0.1) is 0 Å². The molecule has 0 saturated heterocycles. The van der Waals surface area contributed by atoms with Gasteiger partial charge in [-0.15, -0.1) is 0 Å². The van der Waals surface area contributed by atoms with Crippen LogP contribution in [0.5, 0.6) is 0 Å². The summed E-state index contributed by atoms with van der Waals surface area (Å²) in [4.78, 5) is 11.7. The van der Waals surface area contributed by atoms with Crippen LogP contribution < -0.4 is 0 Å². The number of rotatable bonds is 7. The summed E-state index contributed by atoms with van der Waals surface area (Å²) in [5.41, 5.74) is 0.688. The van der Waals surface area contributed by atoms with Gasteiger partial charge >= 0.3 is 5.97 Å². The molecule has 0 saturated carbocycles. The van der Waals surface area contributed by atoms with E-state index in [1.807, 2.05) is 13.0 Å². The Bertz CT molecular complexity index is 493. The summed E-state index contributed by atoms with van der Waals surface area (Å²) in [6, 6.07) is 8.87. The number of ether oxygens (including phenoxy) is 1. The quantitative estimate of drug-likeness (QED) is 0.721. The fourth-order valence-electron chi connectivity index (χ4n) is 1.87. The predicted molar refractivity (Wildman–Crippen MR) is 74.4 cm³/mol. The molecule has 0 aliphatic rings. The molecule has 0 spiro atoms. The minimum absolute atomic E-state index is 0.128. The normalized spacial score (nSPS) is 12.9. The molecular weight excluding hydrogens is 264 g/mol. The van der Waals surface area contributed by atoms with Crippen molar-refractivity contribution in [3.05, 3.63) is 35.9 Å². The summed E-state index contributed by atoms with van der Waals surface area (Å²) in [6.07, 6.45) is 1.85. The van der Waals surface area contributed by atoms with Crippen LogP contribution in [-0.4, -0.2) is 26.7 Å². The number of unbranched alkanes of at least 4 members (excludes halogenated alkanes) is 1. The van der Waals surface area contributed by atoms with Gasteiger partial charge in [0.25, 0.3) is 0 Å². The van der Waals surface area contributed by atoms with E-state index in [1.165, 1.54) is 7.11 Å². The fraction of sp³-hybridized carbons (Fsp3) is 0.500. The molecule has 1 aromatic rings. The molecule has 0 N–H and O–H groups in total. The van der Waals surface area contributed by atoms with Crippen molar-refractivity contribution in [1.82, 2.24) is 0 Å². The van der Waals surface area contributed by atoms with Crippen LogP contribution in [0.25, 0.3) is 0 Å². The van der Waals surface area contributed by atoms with E-state index in [-0.39, 0.29) is 5.75 Å². The van der Waals surface area contributed by atoms with Gasteiger partial charge < -0.3 is 4.74 Å². The standard InChI is InChI=1S/C14H20O4S/c1-3-4-10-13(14(15)18-2)19(16,17)11-12-8-6-5-7-9-12/h5-9,13H,3-4,10-11H2,1-2H3. The third-order valence-electron chi connectivity index (χ3n) is 2.93. The lowest BCUT2D eigenvalue weighted by Crippen LogP contribution is -2.32. The zero-order chi connectivity index (χ0) is 14.3. The Morgan fingerprint density at radius 1 is 1.26 bits per heavy atom. The first-order valence-corrected chi connectivity index (χ1v) is 8.06. The Morgan fingerprint density at radius 3 is 2.42 bits per heavy atom. The molecule has 0 amide bonds. The van der Waals surface area contributed by atoms with Crippen molar-refractivity contribution in [2.75, 3.05) is 7.11 Å². The van der Waals surface area contributed by atoms with Gasteiger partial charge in [0, 0.05) is 0 Å². The highest BCUT2D eigenvalue weighted by Crippen LogP contribution is 2.17. The highest BCUT2D eigenvalue weighted by Gasteiger charge is 2.32. The topological polar surface area (TPSA) is 60.4 Å². The van der Waals surface area contributed by atoms with Crippen LogP contribution in [0.15, 0.2) is 30.3 Å². The van der Waals surface area contributed by atoms with Crippen molar-refractivity contribution in [3.63, 3.8) is 0 Å². The van der Waals surface area contributed by atoms with Crippen molar-refractivity contribution in [3.8, 4) is 0 Å². The highest BCUT2D eigenvalue weighted by atomic mass is 32.2. The Kier molecular flexibility index (Phi) is 6.02. The molecule has 0 bridgehead atoms. The molecule has 19 heavy (non-hydrogen) atoms. The Balaban J connectivity index is 2.89. The van der Waals surface area contributed by atoms with E-state index in [1.54, 1.807) is 24.3 Å². The summed E-state index contributed by atoms with van der Waals surface area (Å²) in [5, 5.41) is -1.06. The molecule has 0 fully saturated rings. The lowest BCUT2D eigenvalue weighted by molar-refractivity contribution is -0.140. The first-order valence-electron chi connectivity index (χ1n) is 6.34. The molecule has 5 heteroatoms. The van der Waals surface area contributed by atoms with Crippen molar-refractivity contribution in [2.24, 2.45) is 0 Å². The van der Waals surface area contributed by atoms with Gasteiger partial charge in [0.15, 0.2) is 15.1 Å². The van der Waals surface area contributed by atoms with Gasteiger partial charge in [-0.3, -0.25) is 4.79 Å². The number of methoxy groups -OCH3 is 1. The Hall–Kier alpha value is -1.36. The molecule has 1 rings (SSSR count). The first-order chi connectivity index (χ1) is 9.01. The monoisotopic (exact) mass is 284 g/mol. The molecule has 4 nitrogen and oxygen atoms in total. The number of sulfone groups is 1. The van der Waals surface area contributed by atoms with Crippen LogP contribution in [0.1, 0.15) is 31.7 Å². The molecule has 1 aromatic carbocycles. The van der Waals surface area contributed by atoms with Crippen LogP contribution in [0.4, 0.5) is 0 Å². The molecule has 0 aromatic heterocycles. The van der Waals surface area contributed by atoms with E-state index in [4.69, 9.17) is 0 Å². The molecule has 0 aliphatic heterocycles. The van der Waals surface area contributed by atoms with Crippen LogP contribution in [-0.2, 0) is 25.1 Å². The minimum Gasteiger partial charge on any atom is -0.468 e. The van der Waals surface area contributed by atoms with Crippen molar-refractivity contribution >= 4 is 15.8 Å². The lowest BCUT2D eigenvalue weighted by Gasteiger charge is -2.15. The molecule has 1 atom stereocenters. The molecule has 0 radical (unpaired) electrons. The van der Waals surface area contributed by atoms with Gasteiger partial charge in [-0.1, -0.05) is 50.1 Å². The van der Waals surface area contributed by atoms with Gasteiger partial charge in [0.1, 0.15) is 0 Å². The maximum atomic E-state index is 12.3. The zero-order valence-corrected chi connectivity index (χ0v) is 12.2. The zero-order valence-electron chi connectivity index (χ0n) is 11.3. The van der Waals surface area contributed by atoms with Crippen molar-refractivity contribution in [1.29, 1.82) is 0 Å². The minimum atomic E-state index is -3.53.